The Morgan fingerprint density at radius 2 is 0.600 bits per heavy atom. The van der Waals surface area contributed by atoms with E-state index in [1.165, 1.54) is 146 Å². The Labute approximate surface area is 204 Å². The van der Waals surface area contributed by atoms with Gasteiger partial charge in [0.2, 0.25) is 0 Å². The van der Waals surface area contributed by atoms with Gasteiger partial charge in [-0.15, -0.1) is 12.4 Å². The van der Waals surface area contributed by atoms with Gasteiger partial charge in [0.1, 0.15) is 0 Å². The standard InChI is InChI=1S/C26H56N.2ClH.H3N/c1-5-7-9-11-12-13-14-15-16-17-18-19-20-21-22-24-26-27(3,4)25-23-10-8-6-2;;;/h5-26H2,1-4H3;2*1H;1H3/q+1;;;/p-1. The van der Waals surface area contributed by atoms with Crippen LogP contribution in [0.25, 0.3) is 0 Å². The molecule has 0 saturated carbocycles. The van der Waals surface area contributed by atoms with E-state index in [-0.39, 0.29) is 31.0 Å². The lowest BCUT2D eigenvalue weighted by Gasteiger charge is -2.30. The second kappa shape index (κ2) is 29.5. The quantitative estimate of drug-likeness (QED) is 0.142. The number of hydrogen-bond donors (Lipinski definition) is 1. The molecular formula is C26H60Cl2N2. The third kappa shape index (κ3) is 30.7. The lowest BCUT2D eigenvalue weighted by molar-refractivity contribution is -0.890. The summed E-state index contributed by atoms with van der Waals surface area (Å²) in [6.07, 6.45) is 29.0. The predicted molar refractivity (Wildman–Crippen MR) is 138 cm³/mol. The van der Waals surface area contributed by atoms with Gasteiger partial charge >= 0.3 is 0 Å². The smallest absolute Gasteiger partial charge is 0.0782 e. The first-order chi connectivity index (χ1) is 13.1. The zero-order valence-corrected chi connectivity index (χ0v) is 23.1. The molecule has 2 nitrogen and oxygen atoms in total. The van der Waals surface area contributed by atoms with Crippen LogP contribution >= 0.6 is 12.4 Å². The van der Waals surface area contributed by atoms with E-state index < -0.39 is 0 Å². The second-order valence-corrected chi connectivity index (χ2v) is 9.75. The second-order valence-electron chi connectivity index (χ2n) is 9.75. The third-order valence-electron chi connectivity index (χ3n) is 6.23. The van der Waals surface area contributed by atoms with E-state index in [0.717, 1.165) is 0 Å². The summed E-state index contributed by atoms with van der Waals surface area (Å²) in [5.41, 5.74) is 0. The van der Waals surface area contributed by atoms with Crippen LogP contribution < -0.4 is 18.6 Å². The van der Waals surface area contributed by atoms with Crippen molar-refractivity contribution in [1.82, 2.24) is 6.15 Å². The molecule has 3 N–H and O–H groups in total. The molecule has 30 heavy (non-hydrogen) atoms. The predicted octanol–water partition coefficient (Wildman–Crippen LogP) is 6.49. The topological polar surface area (TPSA) is 35.0 Å². The SMILES string of the molecule is CCCCCCCCCCCCCCCCCC[N+](C)(C)CCCCCC.Cl.N.[Cl-]. The summed E-state index contributed by atoms with van der Waals surface area (Å²) in [5, 5.41) is 0. The Bertz CT molecular complexity index is 286. The van der Waals surface area contributed by atoms with Gasteiger partial charge in [-0.2, -0.15) is 0 Å². The van der Waals surface area contributed by atoms with Crippen LogP contribution in [0.5, 0.6) is 0 Å². The Balaban J connectivity index is -0.00000113. The largest absolute Gasteiger partial charge is 1.00 e. The summed E-state index contributed by atoms with van der Waals surface area (Å²) >= 11 is 0. The number of halogens is 2. The van der Waals surface area contributed by atoms with Crippen molar-refractivity contribution >= 4 is 12.4 Å². The minimum Gasteiger partial charge on any atom is -1.00 e. The van der Waals surface area contributed by atoms with Crippen LogP contribution in [0.1, 0.15) is 142 Å². The minimum absolute atomic E-state index is 0. The summed E-state index contributed by atoms with van der Waals surface area (Å²) in [4.78, 5) is 0. The molecule has 0 aliphatic rings. The molecule has 0 aromatic carbocycles. The van der Waals surface area contributed by atoms with E-state index >= 15 is 0 Å². The molecule has 0 aromatic rings. The minimum atomic E-state index is 0. The Kier molecular flexibility index (Phi) is 37.2. The van der Waals surface area contributed by atoms with E-state index in [0.29, 0.717) is 0 Å². The summed E-state index contributed by atoms with van der Waals surface area (Å²) < 4.78 is 1.24. The molecule has 0 aromatic heterocycles. The molecule has 0 rings (SSSR count). The van der Waals surface area contributed by atoms with Crippen molar-refractivity contribution < 1.29 is 16.9 Å². The number of unbranched alkanes of at least 4 members (excludes halogenated alkanes) is 18. The number of nitrogens with zero attached hydrogens (tertiary/aromatic N) is 1. The van der Waals surface area contributed by atoms with Gasteiger partial charge < -0.3 is 23.0 Å². The van der Waals surface area contributed by atoms with Gasteiger partial charge in [0, 0.05) is 0 Å². The van der Waals surface area contributed by atoms with Gasteiger partial charge in [-0.3, -0.25) is 0 Å². The van der Waals surface area contributed by atoms with Crippen LogP contribution in [-0.2, 0) is 0 Å². The molecule has 188 valence electrons. The molecule has 0 heterocycles. The molecule has 0 aliphatic carbocycles. The molecule has 0 radical (unpaired) electrons. The maximum absolute atomic E-state index is 2.43. The highest BCUT2D eigenvalue weighted by atomic mass is 35.5. The average Bonchev–Trinajstić information content (AvgIpc) is 2.65. The van der Waals surface area contributed by atoms with Crippen molar-refractivity contribution in [2.24, 2.45) is 0 Å². The van der Waals surface area contributed by atoms with Gasteiger partial charge in [0.05, 0.1) is 27.2 Å². The van der Waals surface area contributed by atoms with Gasteiger partial charge in [-0.05, 0) is 25.7 Å². The molecule has 0 unspecified atom stereocenters. The summed E-state index contributed by atoms with van der Waals surface area (Å²) in [5.74, 6) is 0. The molecule has 0 saturated heterocycles. The van der Waals surface area contributed by atoms with E-state index in [1.54, 1.807) is 0 Å². The van der Waals surface area contributed by atoms with E-state index in [4.69, 9.17) is 0 Å². The molecule has 0 spiro atoms. The van der Waals surface area contributed by atoms with E-state index in [9.17, 15) is 0 Å². The first-order valence-corrected chi connectivity index (χ1v) is 12.9. The molecule has 0 aliphatic heterocycles. The van der Waals surface area contributed by atoms with Crippen LogP contribution in [0.3, 0.4) is 0 Å². The van der Waals surface area contributed by atoms with Crippen molar-refractivity contribution in [3.8, 4) is 0 Å². The van der Waals surface area contributed by atoms with Crippen molar-refractivity contribution in [3.63, 3.8) is 0 Å². The van der Waals surface area contributed by atoms with Crippen molar-refractivity contribution in [2.45, 2.75) is 142 Å². The van der Waals surface area contributed by atoms with Crippen LogP contribution in [0.4, 0.5) is 0 Å². The van der Waals surface area contributed by atoms with E-state index in [2.05, 4.69) is 27.9 Å². The first-order valence-electron chi connectivity index (χ1n) is 12.9. The maximum atomic E-state index is 2.43. The van der Waals surface area contributed by atoms with Gasteiger partial charge in [0.15, 0.2) is 0 Å². The molecule has 0 fully saturated rings. The highest BCUT2D eigenvalue weighted by Gasteiger charge is 2.13. The lowest BCUT2D eigenvalue weighted by atomic mass is 10.0. The van der Waals surface area contributed by atoms with Crippen molar-refractivity contribution in [1.29, 1.82) is 0 Å². The zero-order chi connectivity index (χ0) is 20.1. The van der Waals surface area contributed by atoms with Crippen molar-refractivity contribution in [2.75, 3.05) is 27.2 Å². The summed E-state index contributed by atoms with van der Waals surface area (Å²) in [7, 11) is 4.86. The highest BCUT2D eigenvalue weighted by molar-refractivity contribution is 5.85. The van der Waals surface area contributed by atoms with Gasteiger partial charge in [-0.1, -0.05) is 117 Å². The Hall–Kier alpha value is 0.500. The number of rotatable bonds is 22. The Morgan fingerprint density at radius 3 is 0.867 bits per heavy atom. The number of hydrogen-bond acceptors (Lipinski definition) is 1. The fraction of sp³-hybridized carbons (Fsp3) is 1.00. The fourth-order valence-electron chi connectivity index (χ4n) is 4.17. The monoisotopic (exact) mass is 470 g/mol. The summed E-state index contributed by atoms with van der Waals surface area (Å²) in [6.45, 7) is 7.36. The highest BCUT2D eigenvalue weighted by Crippen LogP contribution is 2.14. The Morgan fingerprint density at radius 1 is 0.400 bits per heavy atom. The van der Waals surface area contributed by atoms with Crippen molar-refractivity contribution in [3.05, 3.63) is 0 Å². The molecule has 0 bridgehead atoms. The van der Waals surface area contributed by atoms with E-state index in [1.807, 2.05) is 0 Å². The van der Waals surface area contributed by atoms with Gasteiger partial charge in [0.25, 0.3) is 0 Å². The normalized spacial score (nSPS) is 10.8. The average molecular weight is 472 g/mol. The van der Waals surface area contributed by atoms with Crippen LogP contribution in [0, 0.1) is 0 Å². The number of quaternary nitrogens is 1. The summed E-state index contributed by atoms with van der Waals surface area (Å²) in [6, 6.07) is 0. The van der Waals surface area contributed by atoms with Crippen LogP contribution in [0.2, 0.25) is 0 Å². The lowest BCUT2D eigenvalue weighted by Crippen LogP contribution is -3.00. The molecule has 0 atom stereocenters. The van der Waals surface area contributed by atoms with Crippen LogP contribution in [-0.4, -0.2) is 31.7 Å². The first kappa shape index (κ1) is 37.8. The third-order valence-corrected chi connectivity index (χ3v) is 6.23. The molecule has 0 amide bonds. The fourth-order valence-corrected chi connectivity index (χ4v) is 4.17. The molecular weight excluding hydrogens is 411 g/mol. The molecule has 4 heteroatoms. The zero-order valence-electron chi connectivity index (χ0n) is 21.5. The maximum Gasteiger partial charge on any atom is 0.0782 e. The van der Waals surface area contributed by atoms with Crippen LogP contribution in [0.15, 0.2) is 0 Å². The van der Waals surface area contributed by atoms with Gasteiger partial charge in [-0.25, -0.2) is 0 Å².